The van der Waals surface area contributed by atoms with E-state index in [0.29, 0.717) is 18.1 Å². The van der Waals surface area contributed by atoms with E-state index in [9.17, 15) is 4.79 Å². The quantitative estimate of drug-likeness (QED) is 0.654. The normalized spacial score (nSPS) is 17.7. The highest BCUT2D eigenvalue weighted by Gasteiger charge is 2.20. The van der Waals surface area contributed by atoms with Gasteiger partial charge in [-0.2, -0.15) is 5.10 Å². The highest BCUT2D eigenvalue weighted by atomic mass is 16.5. The Bertz CT molecular complexity index is 932. The number of aromatic nitrogens is 2. The zero-order chi connectivity index (χ0) is 19.3. The summed E-state index contributed by atoms with van der Waals surface area (Å²) in [7, 11) is 0. The van der Waals surface area contributed by atoms with Crippen molar-refractivity contribution in [3.8, 4) is 0 Å². The Morgan fingerprint density at radius 3 is 2.86 bits per heavy atom. The minimum atomic E-state index is -0.248. The molecule has 0 unspecified atom stereocenters. The first-order valence-corrected chi connectivity index (χ1v) is 10.1. The van der Waals surface area contributed by atoms with Gasteiger partial charge in [0.2, 0.25) is 0 Å². The molecule has 1 aliphatic rings. The van der Waals surface area contributed by atoms with Gasteiger partial charge in [-0.15, -0.1) is 0 Å². The number of piperidine rings is 1. The number of nitrogens with zero attached hydrogens (tertiary/aromatic N) is 2. The third-order valence-corrected chi connectivity index (χ3v) is 5.50. The first kappa shape index (κ1) is 18.7. The summed E-state index contributed by atoms with van der Waals surface area (Å²) in [5.74, 6) is 0.429. The highest BCUT2D eigenvalue weighted by Crippen LogP contribution is 2.24. The van der Waals surface area contributed by atoms with Crippen molar-refractivity contribution in [2.75, 3.05) is 19.7 Å². The zero-order valence-corrected chi connectivity index (χ0v) is 16.4. The molecule has 1 aliphatic heterocycles. The van der Waals surface area contributed by atoms with E-state index in [-0.39, 0.29) is 5.97 Å². The van der Waals surface area contributed by atoms with E-state index in [1.54, 1.807) is 0 Å². The van der Waals surface area contributed by atoms with Gasteiger partial charge < -0.3 is 4.74 Å². The topological polar surface area (TPSA) is 58.2 Å². The van der Waals surface area contributed by atoms with Gasteiger partial charge in [0.05, 0.1) is 23.9 Å². The zero-order valence-electron chi connectivity index (χ0n) is 16.4. The molecule has 2 heterocycles. The van der Waals surface area contributed by atoms with Crippen LogP contribution >= 0.6 is 0 Å². The Morgan fingerprint density at radius 2 is 2.04 bits per heavy atom. The molecule has 0 spiro atoms. The molecule has 0 radical (unpaired) electrons. The number of nitrogens with one attached hydrogen (secondary N) is 1. The van der Waals surface area contributed by atoms with Crippen LogP contribution in [0.3, 0.4) is 0 Å². The molecule has 4 rings (SSSR count). The number of carbonyl (C=O) groups excluding carboxylic acids is 1. The van der Waals surface area contributed by atoms with Crippen molar-refractivity contribution in [3.63, 3.8) is 0 Å². The van der Waals surface area contributed by atoms with E-state index in [0.717, 1.165) is 31.6 Å². The van der Waals surface area contributed by atoms with E-state index >= 15 is 0 Å². The van der Waals surface area contributed by atoms with Crippen molar-refractivity contribution in [1.82, 2.24) is 15.1 Å². The van der Waals surface area contributed by atoms with E-state index in [1.165, 1.54) is 29.4 Å². The standard InChI is InChI=1S/C23H27N3O2/c1-2-28-23(27)20-8-5-17(6-9-20)15-26-11-3-4-19(16-26)12-18-7-10-22-21(13-18)14-24-25-22/h5-10,13-14,19H,2-4,11-12,15-16H2,1H3,(H,24,25)/t19-/m1/s1. The molecule has 1 atom stereocenters. The molecule has 28 heavy (non-hydrogen) atoms. The molecule has 0 saturated carbocycles. The fourth-order valence-electron chi connectivity index (χ4n) is 4.13. The summed E-state index contributed by atoms with van der Waals surface area (Å²) in [4.78, 5) is 14.3. The molecule has 0 aliphatic carbocycles. The third kappa shape index (κ3) is 4.42. The maximum absolute atomic E-state index is 11.8. The Morgan fingerprint density at radius 1 is 1.21 bits per heavy atom. The summed E-state index contributed by atoms with van der Waals surface area (Å²) in [5.41, 5.74) is 4.35. The van der Waals surface area contributed by atoms with Crippen LogP contribution in [0.1, 0.15) is 41.3 Å². The molecule has 146 valence electrons. The maximum Gasteiger partial charge on any atom is 0.338 e. The largest absolute Gasteiger partial charge is 0.462 e. The van der Waals surface area contributed by atoms with Gasteiger partial charge in [-0.1, -0.05) is 18.2 Å². The van der Waals surface area contributed by atoms with Crippen LogP contribution in [0.2, 0.25) is 0 Å². The van der Waals surface area contributed by atoms with E-state index in [1.807, 2.05) is 37.4 Å². The number of likely N-dealkylation sites (tertiary alicyclic amines) is 1. The number of H-pyrrole nitrogens is 1. The molecule has 5 heteroatoms. The van der Waals surface area contributed by atoms with Gasteiger partial charge in [0.25, 0.3) is 0 Å². The lowest BCUT2D eigenvalue weighted by molar-refractivity contribution is 0.0526. The number of benzene rings is 2. The second kappa shape index (κ2) is 8.57. The SMILES string of the molecule is CCOC(=O)c1ccc(CN2CCC[C@H](Cc3ccc4[nH]ncc4c3)C2)cc1. The summed E-state index contributed by atoms with van der Waals surface area (Å²) >= 11 is 0. The van der Waals surface area contributed by atoms with Crippen LogP contribution in [-0.2, 0) is 17.7 Å². The van der Waals surface area contributed by atoms with Crippen molar-refractivity contribution in [3.05, 3.63) is 65.4 Å². The Balaban J connectivity index is 1.35. The maximum atomic E-state index is 11.8. The van der Waals surface area contributed by atoms with Gasteiger partial charge in [-0.05, 0) is 74.0 Å². The summed E-state index contributed by atoms with van der Waals surface area (Å²) < 4.78 is 5.05. The van der Waals surface area contributed by atoms with Gasteiger partial charge in [0, 0.05) is 18.5 Å². The average Bonchev–Trinajstić information content (AvgIpc) is 3.17. The van der Waals surface area contributed by atoms with Crippen LogP contribution in [0.25, 0.3) is 10.9 Å². The molecule has 1 N–H and O–H groups in total. The van der Waals surface area contributed by atoms with Crippen LogP contribution in [-0.4, -0.2) is 40.8 Å². The Hall–Kier alpha value is -2.66. The molecule has 2 aromatic carbocycles. The number of fused-ring (bicyclic) bond motifs is 1. The Labute approximate surface area is 165 Å². The molecule has 3 aromatic rings. The lowest BCUT2D eigenvalue weighted by atomic mass is 9.90. The van der Waals surface area contributed by atoms with Crippen LogP contribution in [0.5, 0.6) is 0 Å². The molecule has 0 amide bonds. The number of hydrogen-bond acceptors (Lipinski definition) is 4. The first-order valence-electron chi connectivity index (χ1n) is 10.1. The van der Waals surface area contributed by atoms with Crippen molar-refractivity contribution >= 4 is 16.9 Å². The molecule has 5 nitrogen and oxygen atoms in total. The third-order valence-electron chi connectivity index (χ3n) is 5.50. The summed E-state index contributed by atoms with van der Waals surface area (Å²) in [5, 5.41) is 8.32. The molecule has 0 bridgehead atoms. The monoisotopic (exact) mass is 377 g/mol. The van der Waals surface area contributed by atoms with Crippen LogP contribution in [0.4, 0.5) is 0 Å². The molecular formula is C23H27N3O2. The predicted octanol–water partition coefficient (Wildman–Crippen LogP) is 4.19. The number of ether oxygens (including phenoxy) is 1. The van der Waals surface area contributed by atoms with E-state index in [2.05, 4.69) is 33.3 Å². The summed E-state index contributed by atoms with van der Waals surface area (Å²) in [6, 6.07) is 14.4. The molecule has 1 saturated heterocycles. The fraction of sp³-hybridized carbons (Fsp3) is 0.391. The van der Waals surface area contributed by atoms with Crippen molar-refractivity contribution in [1.29, 1.82) is 0 Å². The lowest BCUT2D eigenvalue weighted by Crippen LogP contribution is -2.35. The molecule has 1 aromatic heterocycles. The molecule has 1 fully saturated rings. The number of carbonyl (C=O) groups is 1. The lowest BCUT2D eigenvalue weighted by Gasteiger charge is -2.33. The molecular weight excluding hydrogens is 350 g/mol. The summed E-state index contributed by atoms with van der Waals surface area (Å²) in [6.45, 7) is 5.41. The van der Waals surface area contributed by atoms with E-state index in [4.69, 9.17) is 4.74 Å². The van der Waals surface area contributed by atoms with Gasteiger partial charge in [-0.25, -0.2) is 4.79 Å². The van der Waals surface area contributed by atoms with Gasteiger partial charge in [0.1, 0.15) is 0 Å². The minimum absolute atomic E-state index is 0.248. The van der Waals surface area contributed by atoms with Crippen LogP contribution in [0, 0.1) is 5.92 Å². The van der Waals surface area contributed by atoms with Crippen LogP contribution in [0.15, 0.2) is 48.7 Å². The van der Waals surface area contributed by atoms with E-state index < -0.39 is 0 Å². The minimum Gasteiger partial charge on any atom is -0.462 e. The first-order chi connectivity index (χ1) is 13.7. The fourth-order valence-corrected chi connectivity index (χ4v) is 4.13. The number of aromatic amines is 1. The smallest absolute Gasteiger partial charge is 0.338 e. The van der Waals surface area contributed by atoms with Crippen molar-refractivity contribution < 1.29 is 9.53 Å². The Kier molecular flexibility index (Phi) is 5.72. The highest BCUT2D eigenvalue weighted by molar-refractivity contribution is 5.89. The van der Waals surface area contributed by atoms with Crippen molar-refractivity contribution in [2.45, 2.75) is 32.7 Å². The summed E-state index contributed by atoms with van der Waals surface area (Å²) in [6.07, 6.45) is 5.52. The van der Waals surface area contributed by atoms with Crippen molar-refractivity contribution in [2.24, 2.45) is 5.92 Å². The second-order valence-corrected chi connectivity index (χ2v) is 7.66. The van der Waals surface area contributed by atoms with Crippen LogP contribution < -0.4 is 0 Å². The number of rotatable bonds is 6. The second-order valence-electron chi connectivity index (χ2n) is 7.66. The van der Waals surface area contributed by atoms with Gasteiger partial charge >= 0.3 is 5.97 Å². The average molecular weight is 377 g/mol. The van der Waals surface area contributed by atoms with Gasteiger partial charge in [0.15, 0.2) is 0 Å². The number of esters is 1. The number of hydrogen-bond donors (Lipinski definition) is 1. The predicted molar refractivity (Wildman–Crippen MR) is 110 cm³/mol. The van der Waals surface area contributed by atoms with Gasteiger partial charge in [-0.3, -0.25) is 10.00 Å².